The summed E-state index contributed by atoms with van der Waals surface area (Å²) in [5.41, 5.74) is -0.346. The van der Waals surface area contributed by atoms with Crippen LogP contribution in [0.1, 0.15) is 12.8 Å². The van der Waals surface area contributed by atoms with Gasteiger partial charge in [0.05, 0.1) is 12.8 Å². The summed E-state index contributed by atoms with van der Waals surface area (Å²) in [6.07, 6.45) is 5.41. The van der Waals surface area contributed by atoms with E-state index in [0.717, 1.165) is 13.1 Å². The van der Waals surface area contributed by atoms with Gasteiger partial charge >= 0.3 is 5.69 Å². The maximum Gasteiger partial charge on any atom is 0.345 e. The first-order valence-electron chi connectivity index (χ1n) is 5.23. The van der Waals surface area contributed by atoms with Gasteiger partial charge in [0.2, 0.25) is 0 Å². The van der Waals surface area contributed by atoms with Gasteiger partial charge in [-0.05, 0) is 19.4 Å². The molecule has 1 fully saturated rings. The van der Waals surface area contributed by atoms with Gasteiger partial charge in [0.25, 0.3) is 0 Å². The van der Waals surface area contributed by atoms with E-state index in [-0.39, 0.29) is 5.69 Å². The van der Waals surface area contributed by atoms with Crippen LogP contribution >= 0.6 is 0 Å². The molecule has 1 aromatic heterocycles. The quantitative estimate of drug-likeness (QED) is 0.743. The van der Waals surface area contributed by atoms with Crippen molar-refractivity contribution in [2.45, 2.75) is 12.8 Å². The molecule has 1 aromatic rings. The second-order valence-corrected chi connectivity index (χ2v) is 3.78. The average Bonchev–Trinajstić information content (AvgIpc) is 2.30. The van der Waals surface area contributed by atoms with Crippen LogP contribution in [-0.2, 0) is 0 Å². The van der Waals surface area contributed by atoms with Crippen molar-refractivity contribution < 1.29 is 4.74 Å². The number of hydrogen-bond donors (Lipinski definition) is 2. The second kappa shape index (κ2) is 4.93. The summed E-state index contributed by atoms with van der Waals surface area (Å²) in [4.78, 5) is 16.8. The van der Waals surface area contributed by atoms with Crippen molar-refractivity contribution in [2.75, 3.05) is 19.7 Å². The molecule has 0 radical (unpaired) electrons. The third-order valence-electron chi connectivity index (χ3n) is 2.53. The third-order valence-corrected chi connectivity index (χ3v) is 2.53. The lowest BCUT2D eigenvalue weighted by Gasteiger charge is -2.22. The number of aromatic amines is 1. The Morgan fingerprint density at radius 3 is 3.20 bits per heavy atom. The van der Waals surface area contributed by atoms with Crippen molar-refractivity contribution in [3.63, 3.8) is 0 Å². The van der Waals surface area contributed by atoms with Crippen LogP contribution in [0.4, 0.5) is 0 Å². The number of hydrogen-bond acceptors (Lipinski definition) is 4. The first-order valence-corrected chi connectivity index (χ1v) is 5.23. The normalized spacial score (nSPS) is 21.2. The van der Waals surface area contributed by atoms with Crippen molar-refractivity contribution in [1.29, 1.82) is 0 Å². The highest BCUT2D eigenvalue weighted by Gasteiger charge is 2.13. The van der Waals surface area contributed by atoms with Crippen LogP contribution in [0.5, 0.6) is 5.75 Å². The van der Waals surface area contributed by atoms with Crippen LogP contribution in [0.2, 0.25) is 0 Å². The number of nitrogens with one attached hydrogen (secondary N) is 2. The minimum Gasteiger partial charge on any atom is -0.490 e. The Hall–Kier alpha value is -1.36. The summed E-state index contributed by atoms with van der Waals surface area (Å²) in [7, 11) is 0. The minimum absolute atomic E-state index is 0.346. The number of nitrogens with zero attached hydrogens (tertiary/aromatic N) is 1. The summed E-state index contributed by atoms with van der Waals surface area (Å²) in [5, 5.41) is 3.33. The molecule has 0 aromatic carbocycles. The summed E-state index contributed by atoms with van der Waals surface area (Å²) < 4.78 is 5.53. The van der Waals surface area contributed by atoms with E-state index in [9.17, 15) is 4.79 Å². The molecule has 0 bridgehead atoms. The molecule has 1 unspecified atom stereocenters. The van der Waals surface area contributed by atoms with Crippen molar-refractivity contribution in [3.8, 4) is 5.75 Å². The summed E-state index contributed by atoms with van der Waals surface area (Å²) in [6.45, 7) is 2.80. The summed E-state index contributed by atoms with van der Waals surface area (Å²) in [5.74, 6) is 1.19. The van der Waals surface area contributed by atoms with Crippen LogP contribution in [0.25, 0.3) is 0 Å². The lowest BCUT2D eigenvalue weighted by Crippen LogP contribution is -2.33. The van der Waals surface area contributed by atoms with Crippen molar-refractivity contribution in [2.24, 2.45) is 5.92 Å². The molecule has 0 saturated carbocycles. The molecule has 1 atom stereocenters. The highest BCUT2D eigenvalue weighted by molar-refractivity contribution is 5.09. The number of H-pyrrole nitrogens is 1. The van der Waals surface area contributed by atoms with Gasteiger partial charge in [-0.1, -0.05) is 0 Å². The zero-order valence-electron chi connectivity index (χ0n) is 8.53. The average molecular weight is 209 g/mol. The van der Waals surface area contributed by atoms with Gasteiger partial charge in [-0.3, -0.25) is 0 Å². The Kier molecular flexibility index (Phi) is 3.34. The highest BCUT2D eigenvalue weighted by Crippen LogP contribution is 2.12. The molecule has 15 heavy (non-hydrogen) atoms. The van der Waals surface area contributed by atoms with Crippen molar-refractivity contribution in [1.82, 2.24) is 15.3 Å². The molecule has 1 aliphatic heterocycles. The van der Waals surface area contributed by atoms with Gasteiger partial charge in [-0.2, -0.15) is 4.98 Å². The SMILES string of the molecule is O=c1ncc(OCC2CCCNC2)c[nH]1. The van der Waals surface area contributed by atoms with E-state index in [0.29, 0.717) is 18.3 Å². The smallest absolute Gasteiger partial charge is 0.345 e. The largest absolute Gasteiger partial charge is 0.490 e. The number of piperidine rings is 1. The lowest BCUT2D eigenvalue weighted by molar-refractivity contribution is 0.217. The molecule has 2 rings (SSSR count). The predicted molar refractivity (Wildman–Crippen MR) is 55.9 cm³/mol. The maximum atomic E-state index is 10.7. The lowest BCUT2D eigenvalue weighted by atomic mass is 10.0. The first kappa shape index (κ1) is 10.2. The zero-order valence-corrected chi connectivity index (χ0v) is 8.53. The van der Waals surface area contributed by atoms with E-state index in [1.807, 2.05) is 0 Å². The van der Waals surface area contributed by atoms with Crippen LogP contribution in [0.3, 0.4) is 0 Å². The Morgan fingerprint density at radius 2 is 2.53 bits per heavy atom. The minimum atomic E-state index is -0.346. The summed E-state index contributed by atoms with van der Waals surface area (Å²) in [6, 6.07) is 0. The molecule has 0 aliphatic carbocycles. The van der Waals surface area contributed by atoms with E-state index >= 15 is 0 Å². The Balaban J connectivity index is 1.81. The zero-order chi connectivity index (χ0) is 10.5. The van der Waals surface area contributed by atoms with Crippen molar-refractivity contribution in [3.05, 3.63) is 22.9 Å². The molecule has 0 spiro atoms. The summed E-state index contributed by atoms with van der Waals surface area (Å²) >= 11 is 0. The second-order valence-electron chi connectivity index (χ2n) is 3.78. The monoisotopic (exact) mass is 209 g/mol. The van der Waals surface area contributed by atoms with Gasteiger partial charge < -0.3 is 15.0 Å². The van der Waals surface area contributed by atoms with Gasteiger partial charge in [0, 0.05) is 18.7 Å². The number of aromatic nitrogens is 2. The Bertz CT molecular complexity index is 337. The molecule has 2 N–H and O–H groups in total. The van der Waals surface area contributed by atoms with E-state index in [1.54, 1.807) is 6.20 Å². The maximum absolute atomic E-state index is 10.7. The highest BCUT2D eigenvalue weighted by atomic mass is 16.5. The van der Waals surface area contributed by atoms with E-state index in [4.69, 9.17) is 4.74 Å². The fraction of sp³-hybridized carbons (Fsp3) is 0.600. The predicted octanol–water partition coefficient (Wildman–Crippen LogP) is 0.148. The molecule has 1 saturated heterocycles. The fourth-order valence-electron chi connectivity index (χ4n) is 1.69. The van der Waals surface area contributed by atoms with Crippen molar-refractivity contribution >= 4 is 0 Å². The molecular weight excluding hydrogens is 194 g/mol. The Labute approximate surface area is 87.9 Å². The third kappa shape index (κ3) is 3.06. The van der Waals surface area contributed by atoms with E-state index in [2.05, 4.69) is 15.3 Å². The Morgan fingerprint density at radius 1 is 1.60 bits per heavy atom. The first-order chi connectivity index (χ1) is 7.34. The van der Waals surface area contributed by atoms with Crippen LogP contribution in [-0.4, -0.2) is 29.7 Å². The van der Waals surface area contributed by atoms with Crippen LogP contribution in [0.15, 0.2) is 17.2 Å². The topological polar surface area (TPSA) is 67.0 Å². The van der Waals surface area contributed by atoms with E-state index in [1.165, 1.54) is 19.0 Å². The van der Waals surface area contributed by atoms with Gasteiger partial charge in [0.15, 0.2) is 5.75 Å². The number of ether oxygens (including phenoxy) is 1. The molecule has 82 valence electrons. The molecule has 2 heterocycles. The van der Waals surface area contributed by atoms with Gasteiger partial charge in [-0.15, -0.1) is 0 Å². The fourth-order valence-corrected chi connectivity index (χ4v) is 1.69. The van der Waals surface area contributed by atoms with Gasteiger partial charge in [0.1, 0.15) is 0 Å². The number of rotatable bonds is 3. The van der Waals surface area contributed by atoms with Crippen LogP contribution in [0, 0.1) is 5.92 Å². The molecule has 5 heteroatoms. The van der Waals surface area contributed by atoms with E-state index < -0.39 is 0 Å². The molecule has 1 aliphatic rings. The van der Waals surface area contributed by atoms with Crippen LogP contribution < -0.4 is 15.7 Å². The van der Waals surface area contributed by atoms with Gasteiger partial charge in [-0.25, -0.2) is 4.79 Å². The molecular formula is C10H15N3O2. The molecule has 0 amide bonds. The molecule has 5 nitrogen and oxygen atoms in total. The standard InChI is InChI=1S/C10H15N3O2/c14-10-12-5-9(6-13-10)15-7-8-2-1-3-11-4-8/h5-6,8,11H,1-4,7H2,(H,12,13,14).